The van der Waals surface area contributed by atoms with Crippen molar-refractivity contribution in [2.75, 3.05) is 13.2 Å². The molecule has 1 aliphatic heterocycles. The number of rotatable bonds is 4. The molecule has 7 nitrogen and oxygen atoms in total. The Labute approximate surface area is 148 Å². The van der Waals surface area contributed by atoms with Crippen molar-refractivity contribution in [3.8, 4) is 0 Å². The lowest BCUT2D eigenvalue weighted by atomic mass is 10.1. The molecule has 0 saturated carbocycles. The SMILES string of the molecule is Cc1cccc([N+](=O)[O-])c1C(=O)OCC(=O)N1CCc2sccc2C1. The van der Waals surface area contributed by atoms with Crippen molar-refractivity contribution < 1.29 is 19.2 Å². The Bertz CT molecular complexity index is 845. The number of nitro benzene ring substituents is 1. The van der Waals surface area contributed by atoms with Gasteiger partial charge in [0.2, 0.25) is 0 Å². The zero-order chi connectivity index (χ0) is 18.0. The normalized spacial score (nSPS) is 13.2. The summed E-state index contributed by atoms with van der Waals surface area (Å²) in [4.78, 5) is 37.9. The van der Waals surface area contributed by atoms with Gasteiger partial charge in [-0.2, -0.15) is 0 Å². The molecule has 0 spiro atoms. The number of amides is 1. The molecule has 0 saturated heterocycles. The average Bonchev–Trinajstić information content (AvgIpc) is 3.06. The predicted octanol–water partition coefficient (Wildman–Crippen LogP) is 2.71. The van der Waals surface area contributed by atoms with Crippen LogP contribution in [0, 0.1) is 17.0 Å². The molecule has 3 rings (SSSR count). The number of nitrogens with zero attached hydrogens (tertiary/aromatic N) is 2. The Morgan fingerprint density at radius 2 is 2.16 bits per heavy atom. The maximum absolute atomic E-state index is 12.3. The van der Waals surface area contributed by atoms with Gasteiger partial charge in [-0.15, -0.1) is 11.3 Å². The van der Waals surface area contributed by atoms with Crippen molar-refractivity contribution in [2.45, 2.75) is 19.9 Å². The Balaban J connectivity index is 1.65. The summed E-state index contributed by atoms with van der Waals surface area (Å²) in [5, 5.41) is 13.1. The van der Waals surface area contributed by atoms with Gasteiger partial charge in [0, 0.05) is 24.0 Å². The maximum atomic E-state index is 12.3. The average molecular weight is 360 g/mol. The van der Waals surface area contributed by atoms with E-state index < -0.39 is 17.5 Å². The van der Waals surface area contributed by atoms with Gasteiger partial charge in [0.25, 0.3) is 11.6 Å². The Morgan fingerprint density at radius 1 is 1.36 bits per heavy atom. The smallest absolute Gasteiger partial charge is 0.345 e. The molecule has 130 valence electrons. The summed E-state index contributed by atoms with van der Waals surface area (Å²) < 4.78 is 5.05. The first-order valence-electron chi connectivity index (χ1n) is 7.71. The molecule has 1 aromatic carbocycles. The van der Waals surface area contributed by atoms with Crippen LogP contribution in [0.1, 0.15) is 26.4 Å². The van der Waals surface area contributed by atoms with Crippen LogP contribution in [-0.4, -0.2) is 34.9 Å². The number of nitro groups is 1. The van der Waals surface area contributed by atoms with Crippen LogP contribution in [0.25, 0.3) is 0 Å². The number of esters is 1. The number of aryl methyl sites for hydroxylation is 1. The van der Waals surface area contributed by atoms with E-state index >= 15 is 0 Å². The highest BCUT2D eigenvalue weighted by Gasteiger charge is 2.26. The van der Waals surface area contributed by atoms with Crippen molar-refractivity contribution >= 4 is 28.9 Å². The van der Waals surface area contributed by atoms with E-state index in [4.69, 9.17) is 4.74 Å². The van der Waals surface area contributed by atoms with E-state index in [2.05, 4.69) is 0 Å². The Hall–Kier alpha value is -2.74. The van der Waals surface area contributed by atoms with E-state index in [9.17, 15) is 19.7 Å². The Kier molecular flexibility index (Phi) is 4.80. The number of fused-ring (bicyclic) bond motifs is 1. The van der Waals surface area contributed by atoms with Crippen molar-refractivity contribution in [3.05, 3.63) is 61.3 Å². The molecule has 0 bridgehead atoms. The minimum atomic E-state index is -0.855. The van der Waals surface area contributed by atoms with Crippen LogP contribution in [0.5, 0.6) is 0 Å². The van der Waals surface area contributed by atoms with Crippen LogP contribution in [0.2, 0.25) is 0 Å². The standard InChI is InChI=1S/C17H16N2O5S/c1-11-3-2-4-13(19(22)23)16(11)17(21)24-10-15(20)18-7-5-14-12(9-18)6-8-25-14/h2-4,6,8H,5,7,9-10H2,1H3. The number of benzene rings is 1. The largest absolute Gasteiger partial charge is 0.452 e. The molecule has 1 aliphatic rings. The fourth-order valence-electron chi connectivity index (χ4n) is 2.82. The fraction of sp³-hybridized carbons (Fsp3) is 0.294. The molecule has 2 heterocycles. The third-order valence-electron chi connectivity index (χ3n) is 4.14. The third-order valence-corrected chi connectivity index (χ3v) is 5.16. The molecule has 8 heteroatoms. The lowest BCUT2D eigenvalue weighted by molar-refractivity contribution is -0.385. The molecule has 0 unspecified atom stereocenters. The molecule has 25 heavy (non-hydrogen) atoms. The number of thiophene rings is 1. The summed E-state index contributed by atoms with van der Waals surface area (Å²) in [5.41, 5.74) is 1.12. The molecule has 0 N–H and O–H groups in total. The van der Waals surface area contributed by atoms with Gasteiger partial charge in [0.1, 0.15) is 5.56 Å². The summed E-state index contributed by atoms with van der Waals surface area (Å²) in [5.74, 6) is -1.16. The van der Waals surface area contributed by atoms with Crippen molar-refractivity contribution in [2.24, 2.45) is 0 Å². The zero-order valence-electron chi connectivity index (χ0n) is 13.6. The zero-order valence-corrected chi connectivity index (χ0v) is 14.4. The summed E-state index contributed by atoms with van der Waals surface area (Å²) >= 11 is 1.67. The quantitative estimate of drug-likeness (QED) is 0.475. The summed E-state index contributed by atoms with van der Waals surface area (Å²) in [7, 11) is 0. The minimum absolute atomic E-state index is 0.112. The van der Waals surface area contributed by atoms with E-state index in [0.29, 0.717) is 18.7 Å². The van der Waals surface area contributed by atoms with Crippen LogP contribution in [0.15, 0.2) is 29.6 Å². The van der Waals surface area contributed by atoms with Crippen molar-refractivity contribution in [1.82, 2.24) is 4.90 Å². The fourth-order valence-corrected chi connectivity index (χ4v) is 3.71. The van der Waals surface area contributed by atoms with Crippen LogP contribution >= 0.6 is 11.3 Å². The van der Waals surface area contributed by atoms with Gasteiger partial charge >= 0.3 is 5.97 Å². The number of carbonyl (C=O) groups is 2. The molecular formula is C17H16N2O5S. The first-order chi connectivity index (χ1) is 12.0. The van der Waals surface area contributed by atoms with E-state index in [1.54, 1.807) is 29.2 Å². The predicted molar refractivity (Wildman–Crippen MR) is 91.6 cm³/mol. The van der Waals surface area contributed by atoms with Crippen LogP contribution < -0.4 is 0 Å². The summed E-state index contributed by atoms with van der Waals surface area (Å²) in [6, 6.07) is 6.33. The van der Waals surface area contributed by atoms with Gasteiger partial charge in [-0.05, 0) is 35.9 Å². The molecule has 0 atom stereocenters. The molecule has 0 fully saturated rings. The highest BCUT2D eigenvalue weighted by molar-refractivity contribution is 7.10. The van der Waals surface area contributed by atoms with Gasteiger partial charge in [0.05, 0.1) is 4.92 Å². The number of carbonyl (C=O) groups excluding carboxylic acids is 2. The van der Waals surface area contributed by atoms with Gasteiger partial charge in [-0.25, -0.2) is 4.79 Å². The Morgan fingerprint density at radius 3 is 2.92 bits per heavy atom. The van der Waals surface area contributed by atoms with Crippen LogP contribution in [0.4, 0.5) is 5.69 Å². The van der Waals surface area contributed by atoms with Crippen molar-refractivity contribution in [3.63, 3.8) is 0 Å². The number of hydrogen-bond donors (Lipinski definition) is 0. The topological polar surface area (TPSA) is 89.7 Å². The lowest BCUT2D eigenvalue weighted by Crippen LogP contribution is -2.38. The second-order valence-electron chi connectivity index (χ2n) is 5.74. The second-order valence-corrected chi connectivity index (χ2v) is 6.74. The summed E-state index contributed by atoms with van der Waals surface area (Å²) in [6.45, 7) is 2.24. The molecule has 1 amide bonds. The highest BCUT2D eigenvalue weighted by atomic mass is 32.1. The van der Waals surface area contributed by atoms with Gasteiger partial charge < -0.3 is 9.64 Å². The van der Waals surface area contributed by atoms with Gasteiger partial charge in [-0.1, -0.05) is 12.1 Å². The highest BCUT2D eigenvalue weighted by Crippen LogP contribution is 2.25. The minimum Gasteiger partial charge on any atom is -0.452 e. The van der Waals surface area contributed by atoms with E-state index in [1.165, 1.54) is 17.0 Å². The lowest BCUT2D eigenvalue weighted by Gasteiger charge is -2.26. The van der Waals surface area contributed by atoms with Crippen molar-refractivity contribution in [1.29, 1.82) is 0 Å². The van der Waals surface area contributed by atoms with E-state index in [0.717, 1.165) is 12.0 Å². The first-order valence-corrected chi connectivity index (χ1v) is 8.59. The maximum Gasteiger partial charge on any atom is 0.345 e. The molecule has 0 aliphatic carbocycles. The first kappa shape index (κ1) is 17.1. The van der Waals surface area contributed by atoms with E-state index in [1.807, 2.05) is 11.4 Å². The van der Waals surface area contributed by atoms with Gasteiger partial charge in [-0.3, -0.25) is 14.9 Å². The monoisotopic (exact) mass is 360 g/mol. The second kappa shape index (κ2) is 7.02. The molecular weight excluding hydrogens is 344 g/mol. The molecule has 2 aromatic rings. The molecule has 1 aromatic heterocycles. The molecule has 0 radical (unpaired) electrons. The number of ether oxygens (including phenoxy) is 1. The van der Waals surface area contributed by atoms with Crippen LogP contribution in [0.3, 0.4) is 0 Å². The summed E-state index contributed by atoms with van der Waals surface area (Å²) in [6.07, 6.45) is 0.788. The van der Waals surface area contributed by atoms with Crippen LogP contribution in [-0.2, 0) is 22.5 Å². The third kappa shape index (κ3) is 3.53. The van der Waals surface area contributed by atoms with Gasteiger partial charge in [0.15, 0.2) is 6.61 Å². The number of hydrogen-bond acceptors (Lipinski definition) is 6. The van der Waals surface area contributed by atoms with E-state index in [-0.39, 0.29) is 17.2 Å².